The van der Waals surface area contributed by atoms with Gasteiger partial charge >= 0.3 is 0 Å². The normalized spacial score (nSPS) is 11.0. The summed E-state index contributed by atoms with van der Waals surface area (Å²) in [5.41, 5.74) is 3.34. The molecule has 2 aromatic heterocycles. The predicted octanol–water partition coefficient (Wildman–Crippen LogP) is 3.48. The van der Waals surface area contributed by atoms with Crippen molar-refractivity contribution in [2.24, 2.45) is 5.84 Å². The van der Waals surface area contributed by atoms with Crippen LogP contribution in [0.25, 0.3) is 0 Å². The lowest BCUT2D eigenvalue weighted by Crippen LogP contribution is -2.18. The number of aromatic nitrogens is 1. The minimum atomic E-state index is 0.617. The van der Waals surface area contributed by atoms with Crippen LogP contribution in [0, 0.1) is 0 Å². The summed E-state index contributed by atoms with van der Waals surface area (Å²) in [7, 11) is 2.04. The van der Waals surface area contributed by atoms with E-state index in [2.05, 4.69) is 42.7 Å². The van der Waals surface area contributed by atoms with Crippen LogP contribution in [0.2, 0.25) is 5.02 Å². The van der Waals surface area contributed by atoms with Gasteiger partial charge in [-0.25, -0.2) is 10.8 Å². The van der Waals surface area contributed by atoms with Crippen molar-refractivity contribution in [3.05, 3.63) is 43.6 Å². The highest BCUT2D eigenvalue weighted by atomic mass is 79.9. The zero-order valence-electron chi connectivity index (χ0n) is 10.4. The third kappa shape index (κ3) is 4.15. The first-order valence-electron chi connectivity index (χ1n) is 5.62. The minimum Gasteiger partial charge on any atom is -0.308 e. The number of nitrogen functional groups attached to an aromatic ring is 1. The molecule has 0 bridgehead atoms. The average molecular weight is 362 g/mol. The molecule has 102 valence electrons. The Bertz CT molecular complexity index is 560. The van der Waals surface area contributed by atoms with Gasteiger partial charge in [-0.15, -0.1) is 11.3 Å². The molecule has 0 radical (unpaired) electrons. The van der Waals surface area contributed by atoms with E-state index in [4.69, 9.17) is 17.4 Å². The first-order chi connectivity index (χ1) is 9.08. The summed E-state index contributed by atoms with van der Waals surface area (Å²) >= 11 is 11.3. The van der Waals surface area contributed by atoms with Gasteiger partial charge in [0.15, 0.2) is 0 Å². The highest BCUT2D eigenvalue weighted by molar-refractivity contribution is 9.10. The van der Waals surface area contributed by atoms with Gasteiger partial charge in [-0.05, 0) is 41.2 Å². The number of anilines is 1. The topological polar surface area (TPSA) is 54.2 Å². The maximum absolute atomic E-state index is 6.14. The number of nitrogens with two attached hydrogens (primary N) is 1. The lowest BCUT2D eigenvalue weighted by molar-refractivity contribution is 0.318. The fraction of sp³-hybridized carbons (Fsp3) is 0.250. The van der Waals surface area contributed by atoms with Crippen LogP contribution in [0.3, 0.4) is 0 Å². The van der Waals surface area contributed by atoms with Gasteiger partial charge in [0.25, 0.3) is 0 Å². The van der Waals surface area contributed by atoms with E-state index in [-0.39, 0.29) is 0 Å². The zero-order valence-corrected chi connectivity index (χ0v) is 13.5. The Kier molecular flexibility index (Phi) is 5.18. The molecule has 0 fully saturated rings. The Morgan fingerprint density at radius 1 is 1.47 bits per heavy atom. The molecule has 0 aliphatic carbocycles. The molecule has 4 nitrogen and oxygen atoms in total. The van der Waals surface area contributed by atoms with E-state index in [1.54, 1.807) is 23.5 Å². The van der Waals surface area contributed by atoms with E-state index in [1.165, 1.54) is 4.88 Å². The number of hydrogen-bond acceptors (Lipinski definition) is 5. The van der Waals surface area contributed by atoms with Crippen LogP contribution in [0.1, 0.15) is 10.6 Å². The fourth-order valence-corrected chi connectivity index (χ4v) is 3.39. The standard InChI is InChI=1S/C12H14BrClN4S/c1-18(5-9-4-8(13)7-19-9)6-11-10(14)2-3-12(16-11)17-15/h2-4,7H,5-6,15H2,1H3,(H,16,17). The van der Waals surface area contributed by atoms with Crippen LogP contribution < -0.4 is 11.3 Å². The van der Waals surface area contributed by atoms with Gasteiger partial charge in [-0.1, -0.05) is 11.6 Å². The third-order valence-corrected chi connectivity index (χ3v) is 4.56. The minimum absolute atomic E-state index is 0.617. The summed E-state index contributed by atoms with van der Waals surface area (Å²) in [6.07, 6.45) is 0. The fourth-order valence-electron chi connectivity index (χ4n) is 1.69. The second-order valence-corrected chi connectivity index (χ2v) is 6.49. The van der Waals surface area contributed by atoms with Crippen molar-refractivity contribution in [2.75, 3.05) is 12.5 Å². The van der Waals surface area contributed by atoms with Gasteiger partial charge < -0.3 is 5.43 Å². The second kappa shape index (κ2) is 6.67. The summed E-state index contributed by atoms with van der Waals surface area (Å²) in [4.78, 5) is 7.81. The van der Waals surface area contributed by atoms with E-state index < -0.39 is 0 Å². The molecule has 0 amide bonds. The number of rotatable bonds is 5. The molecule has 0 saturated heterocycles. The Hall–Kier alpha value is -0.660. The molecule has 0 aliphatic heterocycles. The maximum Gasteiger partial charge on any atom is 0.140 e. The number of pyridine rings is 1. The summed E-state index contributed by atoms with van der Waals surface area (Å²) in [6.45, 7) is 1.53. The molecule has 7 heteroatoms. The number of nitrogens with zero attached hydrogens (tertiary/aromatic N) is 2. The van der Waals surface area contributed by atoms with Gasteiger partial charge in [0, 0.05) is 27.8 Å². The number of hydrazine groups is 1. The van der Waals surface area contributed by atoms with Crippen molar-refractivity contribution in [3.8, 4) is 0 Å². The van der Waals surface area contributed by atoms with E-state index in [9.17, 15) is 0 Å². The molecular weight excluding hydrogens is 348 g/mol. The Morgan fingerprint density at radius 2 is 2.26 bits per heavy atom. The predicted molar refractivity (Wildman–Crippen MR) is 84.2 cm³/mol. The SMILES string of the molecule is CN(Cc1cc(Br)cs1)Cc1nc(NN)ccc1Cl. The van der Waals surface area contributed by atoms with Crippen LogP contribution in [0.4, 0.5) is 5.82 Å². The van der Waals surface area contributed by atoms with Crippen LogP contribution in [0.15, 0.2) is 28.1 Å². The summed E-state index contributed by atoms with van der Waals surface area (Å²) in [5.74, 6) is 5.97. The largest absolute Gasteiger partial charge is 0.308 e. The van der Waals surface area contributed by atoms with Crippen LogP contribution in [0.5, 0.6) is 0 Å². The van der Waals surface area contributed by atoms with Crippen molar-refractivity contribution in [1.82, 2.24) is 9.88 Å². The zero-order chi connectivity index (χ0) is 13.8. The summed E-state index contributed by atoms with van der Waals surface area (Å²) in [5, 5.41) is 2.73. The van der Waals surface area contributed by atoms with Gasteiger partial charge in [-0.2, -0.15) is 0 Å². The number of halogens is 2. The first-order valence-corrected chi connectivity index (χ1v) is 7.67. The maximum atomic E-state index is 6.14. The van der Waals surface area contributed by atoms with Crippen molar-refractivity contribution in [3.63, 3.8) is 0 Å². The molecular formula is C12H14BrClN4S. The number of thiophene rings is 1. The molecule has 0 aliphatic rings. The van der Waals surface area contributed by atoms with E-state index in [0.29, 0.717) is 17.4 Å². The van der Waals surface area contributed by atoms with Crippen molar-refractivity contribution >= 4 is 44.7 Å². The molecule has 0 spiro atoms. The summed E-state index contributed by atoms with van der Waals surface area (Å²) < 4.78 is 1.12. The van der Waals surface area contributed by atoms with E-state index >= 15 is 0 Å². The smallest absolute Gasteiger partial charge is 0.140 e. The third-order valence-electron chi connectivity index (χ3n) is 2.53. The monoisotopic (exact) mass is 360 g/mol. The lowest BCUT2D eigenvalue weighted by atomic mass is 10.3. The van der Waals surface area contributed by atoms with Crippen LogP contribution >= 0.6 is 38.9 Å². The number of nitrogens with one attached hydrogen (secondary N) is 1. The molecule has 0 saturated carbocycles. The number of hydrogen-bond donors (Lipinski definition) is 2. The molecule has 0 aromatic carbocycles. The Balaban J connectivity index is 2.03. The van der Waals surface area contributed by atoms with Gasteiger partial charge in [-0.3, -0.25) is 4.90 Å². The molecule has 0 unspecified atom stereocenters. The molecule has 0 atom stereocenters. The quantitative estimate of drug-likeness (QED) is 0.632. The second-order valence-electron chi connectivity index (χ2n) is 4.17. The van der Waals surface area contributed by atoms with Crippen LogP contribution in [-0.2, 0) is 13.1 Å². The highest BCUT2D eigenvalue weighted by Crippen LogP contribution is 2.22. The molecule has 3 N–H and O–H groups in total. The van der Waals surface area contributed by atoms with Crippen molar-refractivity contribution in [2.45, 2.75) is 13.1 Å². The highest BCUT2D eigenvalue weighted by Gasteiger charge is 2.09. The average Bonchev–Trinajstić information content (AvgIpc) is 2.77. The van der Waals surface area contributed by atoms with Gasteiger partial charge in [0.1, 0.15) is 5.82 Å². The summed E-state index contributed by atoms with van der Waals surface area (Å²) in [6, 6.07) is 5.67. The first kappa shape index (κ1) is 14.7. The van der Waals surface area contributed by atoms with Gasteiger partial charge in [0.2, 0.25) is 0 Å². The van der Waals surface area contributed by atoms with E-state index in [0.717, 1.165) is 16.7 Å². The van der Waals surface area contributed by atoms with Gasteiger partial charge in [0.05, 0.1) is 10.7 Å². The Labute approximate surface area is 129 Å². The van der Waals surface area contributed by atoms with Crippen LogP contribution in [-0.4, -0.2) is 16.9 Å². The molecule has 19 heavy (non-hydrogen) atoms. The molecule has 2 rings (SSSR count). The van der Waals surface area contributed by atoms with Crippen molar-refractivity contribution in [1.29, 1.82) is 0 Å². The Morgan fingerprint density at radius 3 is 2.89 bits per heavy atom. The molecule has 2 heterocycles. The molecule has 2 aromatic rings. The van der Waals surface area contributed by atoms with Crippen molar-refractivity contribution < 1.29 is 0 Å². The lowest BCUT2D eigenvalue weighted by Gasteiger charge is -2.16. The van der Waals surface area contributed by atoms with E-state index in [1.807, 2.05) is 7.05 Å².